The zero-order valence-corrected chi connectivity index (χ0v) is 18.2. The average Bonchev–Trinajstić information content (AvgIpc) is 3.01. The molecule has 1 saturated heterocycles. The Bertz CT molecular complexity index is 1470. The molecule has 1 aliphatic rings. The molecule has 0 spiro atoms. The summed E-state index contributed by atoms with van der Waals surface area (Å²) in [6.45, 7) is 4.22. The van der Waals surface area contributed by atoms with Gasteiger partial charge >= 0.3 is 0 Å². The fourth-order valence-corrected chi connectivity index (χ4v) is 4.46. The van der Waals surface area contributed by atoms with Crippen LogP contribution >= 0.6 is 11.6 Å². The lowest BCUT2D eigenvalue weighted by atomic mass is 10.0. The average molecular weight is 447 g/mol. The second-order valence-corrected chi connectivity index (χ2v) is 8.11. The van der Waals surface area contributed by atoms with Crippen molar-refractivity contribution >= 4 is 28.9 Å². The number of benzene rings is 1. The third-order valence-electron chi connectivity index (χ3n) is 5.75. The Morgan fingerprint density at radius 2 is 1.97 bits per heavy atom. The lowest BCUT2D eigenvalue weighted by Gasteiger charge is -2.42. The first-order valence-corrected chi connectivity index (χ1v) is 10.5. The molecule has 10 heteroatoms. The molecular formula is C22H19ClN8O. The highest BCUT2D eigenvalue weighted by Crippen LogP contribution is 2.38. The molecule has 0 bridgehead atoms. The largest absolute Gasteiger partial charge is 0.368 e. The van der Waals surface area contributed by atoms with Crippen LogP contribution < -0.4 is 16.2 Å². The zero-order chi connectivity index (χ0) is 22.6. The summed E-state index contributed by atoms with van der Waals surface area (Å²) < 4.78 is 3.17. The van der Waals surface area contributed by atoms with Gasteiger partial charge in [-0.15, -0.1) is 0 Å². The third kappa shape index (κ3) is 2.92. The maximum atomic E-state index is 13.6. The van der Waals surface area contributed by atoms with Crippen molar-refractivity contribution in [3.8, 4) is 11.8 Å². The monoisotopic (exact) mass is 446 g/mol. The summed E-state index contributed by atoms with van der Waals surface area (Å²) in [7, 11) is 0. The highest BCUT2D eigenvalue weighted by molar-refractivity contribution is 6.34. The number of anilines is 2. The van der Waals surface area contributed by atoms with Crippen LogP contribution in [-0.4, -0.2) is 30.7 Å². The van der Waals surface area contributed by atoms with E-state index in [1.165, 1.54) is 0 Å². The first-order valence-electron chi connectivity index (χ1n) is 10.1. The first-order chi connectivity index (χ1) is 15.4. The first kappa shape index (κ1) is 20.0. The standard InChI is InChI=1S/C22H19ClN8O/c1-12-10-16(23)18-21(32)30(14-6-4-3-5-7-14)20(28-31(12)18)17-8-9-29(17)19-15(11-24)13(2)26-22(25)27-19/h3-7,10,17H,8-9H2,1-2H3,(H2,25,26,27)/t17-/m0/s1. The molecule has 32 heavy (non-hydrogen) atoms. The van der Waals surface area contributed by atoms with E-state index in [1.54, 1.807) is 22.1 Å². The number of aryl methyl sites for hydroxylation is 2. The van der Waals surface area contributed by atoms with Crippen molar-refractivity contribution in [2.75, 3.05) is 17.2 Å². The molecule has 0 radical (unpaired) electrons. The van der Waals surface area contributed by atoms with Crippen molar-refractivity contribution in [3.63, 3.8) is 0 Å². The minimum absolute atomic E-state index is 0.0963. The minimum atomic E-state index is -0.284. The van der Waals surface area contributed by atoms with Crippen LogP contribution in [-0.2, 0) is 0 Å². The van der Waals surface area contributed by atoms with E-state index in [2.05, 4.69) is 16.0 Å². The van der Waals surface area contributed by atoms with Gasteiger partial charge in [-0.3, -0.25) is 9.36 Å². The molecule has 160 valence electrons. The number of nitrogens with zero attached hydrogens (tertiary/aromatic N) is 7. The molecule has 0 aliphatic carbocycles. The number of nitrogen functional groups attached to an aromatic ring is 1. The predicted octanol–water partition coefficient (Wildman–Crippen LogP) is 2.95. The summed E-state index contributed by atoms with van der Waals surface area (Å²) in [5, 5.41) is 14.9. The maximum Gasteiger partial charge on any atom is 0.284 e. The number of hydrogen-bond acceptors (Lipinski definition) is 7. The molecule has 9 nitrogen and oxygen atoms in total. The molecule has 3 aromatic heterocycles. The van der Waals surface area contributed by atoms with Crippen molar-refractivity contribution in [1.29, 1.82) is 5.26 Å². The van der Waals surface area contributed by atoms with Gasteiger partial charge in [-0.25, -0.2) is 9.50 Å². The van der Waals surface area contributed by atoms with E-state index in [0.717, 1.165) is 12.1 Å². The lowest BCUT2D eigenvalue weighted by molar-refractivity contribution is 0.422. The number of para-hydroxylation sites is 1. The number of nitriles is 1. The van der Waals surface area contributed by atoms with Gasteiger partial charge < -0.3 is 10.6 Å². The molecule has 4 aromatic rings. The Labute approximate surface area is 188 Å². The van der Waals surface area contributed by atoms with Crippen LogP contribution in [0.3, 0.4) is 0 Å². The smallest absolute Gasteiger partial charge is 0.284 e. The number of fused-ring (bicyclic) bond motifs is 1. The molecule has 1 aromatic carbocycles. The number of halogens is 1. The van der Waals surface area contributed by atoms with Gasteiger partial charge in [0, 0.05) is 12.2 Å². The minimum Gasteiger partial charge on any atom is -0.368 e. The van der Waals surface area contributed by atoms with Crippen LogP contribution in [0.2, 0.25) is 5.02 Å². The molecule has 0 amide bonds. The Morgan fingerprint density at radius 1 is 1.22 bits per heavy atom. The zero-order valence-electron chi connectivity index (χ0n) is 17.4. The Morgan fingerprint density at radius 3 is 2.62 bits per heavy atom. The number of hydrogen-bond donors (Lipinski definition) is 1. The van der Waals surface area contributed by atoms with Crippen molar-refractivity contribution in [1.82, 2.24) is 24.1 Å². The quantitative estimate of drug-likeness (QED) is 0.513. The molecule has 1 aliphatic heterocycles. The number of rotatable bonds is 3. The number of nitrogens with two attached hydrogens (primary N) is 1. The van der Waals surface area contributed by atoms with E-state index in [0.29, 0.717) is 45.7 Å². The highest BCUT2D eigenvalue weighted by Gasteiger charge is 2.37. The van der Waals surface area contributed by atoms with E-state index < -0.39 is 0 Å². The van der Waals surface area contributed by atoms with Gasteiger partial charge in [-0.05, 0) is 38.5 Å². The summed E-state index contributed by atoms with van der Waals surface area (Å²) in [5.74, 6) is 1.08. The van der Waals surface area contributed by atoms with E-state index in [-0.39, 0.29) is 17.5 Å². The molecular weight excluding hydrogens is 428 g/mol. The van der Waals surface area contributed by atoms with Crippen LogP contribution in [0.4, 0.5) is 11.8 Å². The Kier molecular flexibility index (Phi) is 4.60. The summed E-state index contributed by atoms with van der Waals surface area (Å²) in [5.41, 5.74) is 8.25. The molecule has 0 unspecified atom stereocenters. The molecule has 5 rings (SSSR count). The topological polar surface area (TPSA) is 118 Å². The third-order valence-corrected chi connectivity index (χ3v) is 6.04. The molecule has 1 fully saturated rings. The summed E-state index contributed by atoms with van der Waals surface area (Å²) in [4.78, 5) is 24.0. The molecule has 1 atom stereocenters. The van der Waals surface area contributed by atoms with Crippen LogP contribution in [0.1, 0.15) is 35.2 Å². The van der Waals surface area contributed by atoms with Gasteiger partial charge in [0.25, 0.3) is 5.56 Å². The number of aromatic nitrogens is 5. The fourth-order valence-electron chi connectivity index (χ4n) is 4.14. The van der Waals surface area contributed by atoms with Gasteiger partial charge in [0.2, 0.25) is 5.95 Å². The fraction of sp³-hybridized carbons (Fsp3) is 0.227. The Balaban J connectivity index is 1.76. The summed E-state index contributed by atoms with van der Waals surface area (Å²) >= 11 is 6.37. The molecule has 2 N–H and O–H groups in total. The normalized spacial score (nSPS) is 15.6. The maximum absolute atomic E-state index is 13.6. The van der Waals surface area contributed by atoms with Crippen LogP contribution in [0.25, 0.3) is 11.2 Å². The van der Waals surface area contributed by atoms with Crippen LogP contribution in [0, 0.1) is 25.2 Å². The Hall–Kier alpha value is -3.90. The summed E-state index contributed by atoms with van der Waals surface area (Å²) in [6.07, 6.45) is 0.729. The van der Waals surface area contributed by atoms with E-state index in [9.17, 15) is 10.1 Å². The van der Waals surface area contributed by atoms with Gasteiger partial charge in [0.15, 0.2) is 11.6 Å². The van der Waals surface area contributed by atoms with Gasteiger partial charge in [-0.1, -0.05) is 29.8 Å². The van der Waals surface area contributed by atoms with E-state index >= 15 is 0 Å². The SMILES string of the molecule is Cc1nc(N)nc(N2CC[C@H]2c2nn3c(C)cc(Cl)c3c(=O)n2-c2ccccc2)c1C#N. The predicted molar refractivity (Wildman–Crippen MR) is 121 cm³/mol. The highest BCUT2D eigenvalue weighted by atomic mass is 35.5. The molecule has 4 heterocycles. The van der Waals surface area contributed by atoms with E-state index in [1.807, 2.05) is 42.2 Å². The second-order valence-electron chi connectivity index (χ2n) is 7.70. The van der Waals surface area contributed by atoms with Crippen LogP contribution in [0.5, 0.6) is 0 Å². The van der Waals surface area contributed by atoms with Crippen molar-refractivity contribution in [2.45, 2.75) is 26.3 Å². The van der Waals surface area contributed by atoms with E-state index in [4.69, 9.17) is 22.4 Å². The van der Waals surface area contributed by atoms with Crippen molar-refractivity contribution in [3.05, 3.63) is 74.6 Å². The summed E-state index contributed by atoms with van der Waals surface area (Å²) in [6, 6.07) is 12.9. The second kappa shape index (κ2) is 7.35. The van der Waals surface area contributed by atoms with Gasteiger partial charge in [-0.2, -0.15) is 15.3 Å². The molecule has 0 saturated carbocycles. The van der Waals surface area contributed by atoms with Gasteiger partial charge in [0.1, 0.15) is 17.1 Å². The van der Waals surface area contributed by atoms with Crippen LogP contribution in [0.15, 0.2) is 41.2 Å². The van der Waals surface area contributed by atoms with Crippen molar-refractivity contribution in [2.24, 2.45) is 0 Å². The van der Waals surface area contributed by atoms with Crippen molar-refractivity contribution < 1.29 is 0 Å². The lowest BCUT2D eigenvalue weighted by Crippen LogP contribution is -2.45. The van der Waals surface area contributed by atoms with Gasteiger partial charge in [0.05, 0.1) is 22.4 Å².